The molecule has 2 rings (SSSR count). The highest BCUT2D eigenvalue weighted by atomic mass is 35.5. The molecule has 1 aromatic rings. The molecule has 0 bridgehead atoms. The highest BCUT2D eigenvalue weighted by molar-refractivity contribution is 6.35. The van der Waals surface area contributed by atoms with Crippen molar-refractivity contribution >= 4 is 29.1 Å². The largest absolute Gasteiger partial charge is 0.482 e. The third-order valence-electron chi connectivity index (χ3n) is 3.05. The van der Waals surface area contributed by atoms with E-state index in [1.54, 1.807) is 23.1 Å². The Balaban J connectivity index is 1.91. The summed E-state index contributed by atoms with van der Waals surface area (Å²) in [5.41, 5.74) is 0. The number of carbonyl (C=O) groups is 1. The number of hydrogen-bond acceptors (Lipinski definition) is 3. The van der Waals surface area contributed by atoms with Crippen LogP contribution in [0.4, 0.5) is 0 Å². The summed E-state index contributed by atoms with van der Waals surface area (Å²) in [6.45, 7) is 3.91. The Morgan fingerprint density at radius 2 is 2.30 bits per heavy atom. The van der Waals surface area contributed by atoms with E-state index in [9.17, 15) is 4.79 Å². The predicted molar refractivity (Wildman–Crippen MR) is 78.6 cm³/mol. The maximum atomic E-state index is 12.1. The zero-order valence-corrected chi connectivity index (χ0v) is 12.8. The van der Waals surface area contributed by atoms with Crippen LogP contribution in [0.15, 0.2) is 18.2 Å². The second kappa shape index (κ2) is 7.16. The van der Waals surface area contributed by atoms with Gasteiger partial charge < -0.3 is 14.4 Å². The summed E-state index contributed by atoms with van der Waals surface area (Å²) in [4.78, 5) is 13.9. The predicted octanol–water partition coefficient (Wildman–Crippen LogP) is 3.01. The fraction of sp³-hybridized carbons (Fsp3) is 0.500. The Hall–Kier alpha value is -0.970. The standard InChI is InChI=1S/C14H17Cl2NO3/c1-10-8-17(5-2-6-19-10)14(18)9-20-13-4-3-11(15)7-12(13)16/h3-4,7,10H,2,5-6,8-9H2,1H3/t10-/m1/s1. The van der Waals surface area contributed by atoms with Crippen LogP contribution in [-0.4, -0.2) is 43.2 Å². The van der Waals surface area contributed by atoms with Crippen LogP contribution >= 0.6 is 23.2 Å². The van der Waals surface area contributed by atoms with E-state index in [4.69, 9.17) is 32.7 Å². The van der Waals surface area contributed by atoms with E-state index in [0.717, 1.165) is 6.42 Å². The van der Waals surface area contributed by atoms with Crippen molar-refractivity contribution in [3.05, 3.63) is 28.2 Å². The first-order valence-corrected chi connectivity index (χ1v) is 7.29. The first-order valence-electron chi connectivity index (χ1n) is 6.53. The van der Waals surface area contributed by atoms with Crippen molar-refractivity contribution in [1.29, 1.82) is 0 Å². The maximum Gasteiger partial charge on any atom is 0.260 e. The number of nitrogens with zero attached hydrogens (tertiary/aromatic N) is 1. The van der Waals surface area contributed by atoms with Gasteiger partial charge in [0.15, 0.2) is 6.61 Å². The molecule has 1 fully saturated rings. The minimum absolute atomic E-state index is 0.0337. The average Bonchev–Trinajstić information content (AvgIpc) is 2.62. The molecule has 0 aliphatic carbocycles. The van der Waals surface area contributed by atoms with Crippen molar-refractivity contribution in [3.63, 3.8) is 0 Å². The Bertz CT molecular complexity index is 481. The van der Waals surface area contributed by atoms with E-state index < -0.39 is 0 Å². The lowest BCUT2D eigenvalue weighted by Gasteiger charge is -2.22. The number of benzene rings is 1. The maximum absolute atomic E-state index is 12.1. The van der Waals surface area contributed by atoms with Crippen molar-refractivity contribution < 1.29 is 14.3 Å². The zero-order valence-electron chi connectivity index (χ0n) is 11.3. The van der Waals surface area contributed by atoms with Crippen LogP contribution in [0.3, 0.4) is 0 Å². The highest BCUT2D eigenvalue weighted by Crippen LogP contribution is 2.27. The number of amides is 1. The molecule has 0 radical (unpaired) electrons. The molecule has 0 unspecified atom stereocenters. The third kappa shape index (κ3) is 4.27. The number of ether oxygens (including phenoxy) is 2. The summed E-state index contributed by atoms with van der Waals surface area (Å²) in [7, 11) is 0. The van der Waals surface area contributed by atoms with Gasteiger partial charge in [0.2, 0.25) is 0 Å². The van der Waals surface area contributed by atoms with Gasteiger partial charge in [-0.05, 0) is 31.5 Å². The van der Waals surface area contributed by atoms with Gasteiger partial charge in [0, 0.05) is 24.7 Å². The van der Waals surface area contributed by atoms with Gasteiger partial charge in [-0.1, -0.05) is 23.2 Å². The van der Waals surface area contributed by atoms with Gasteiger partial charge in [0.1, 0.15) is 5.75 Å². The quantitative estimate of drug-likeness (QED) is 0.860. The van der Waals surface area contributed by atoms with Crippen LogP contribution in [0.5, 0.6) is 5.75 Å². The molecule has 1 aliphatic heterocycles. The Labute approximate surface area is 128 Å². The molecule has 1 aliphatic rings. The fourth-order valence-electron chi connectivity index (χ4n) is 2.04. The van der Waals surface area contributed by atoms with Crippen molar-refractivity contribution in [2.45, 2.75) is 19.4 Å². The van der Waals surface area contributed by atoms with Crippen LogP contribution in [0.2, 0.25) is 10.0 Å². The van der Waals surface area contributed by atoms with E-state index in [0.29, 0.717) is 35.5 Å². The summed E-state index contributed by atoms with van der Waals surface area (Å²) < 4.78 is 11.0. The van der Waals surface area contributed by atoms with Gasteiger partial charge in [-0.3, -0.25) is 4.79 Å². The molecule has 0 saturated carbocycles. The molecular formula is C14H17Cl2NO3. The molecule has 1 saturated heterocycles. The Morgan fingerprint density at radius 1 is 1.50 bits per heavy atom. The Kier molecular flexibility index (Phi) is 5.52. The lowest BCUT2D eigenvalue weighted by atomic mass is 10.3. The van der Waals surface area contributed by atoms with Crippen molar-refractivity contribution in [2.75, 3.05) is 26.3 Å². The van der Waals surface area contributed by atoms with Gasteiger partial charge in [0.25, 0.3) is 5.91 Å². The van der Waals surface area contributed by atoms with Gasteiger partial charge in [-0.2, -0.15) is 0 Å². The number of hydrogen-bond donors (Lipinski definition) is 0. The monoisotopic (exact) mass is 317 g/mol. The molecule has 20 heavy (non-hydrogen) atoms. The summed E-state index contributed by atoms with van der Waals surface area (Å²) >= 11 is 11.8. The second-order valence-electron chi connectivity index (χ2n) is 4.74. The fourth-order valence-corrected chi connectivity index (χ4v) is 2.51. The molecule has 0 N–H and O–H groups in total. The van der Waals surface area contributed by atoms with Crippen LogP contribution in [0, 0.1) is 0 Å². The van der Waals surface area contributed by atoms with Crippen LogP contribution < -0.4 is 4.74 Å². The second-order valence-corrected chi connectivity index (χ2v) is 5.58. The minimum Gasteiger partial charge on any atom is -0.482 e. The van der Waals surface area contributed by atoms with E-state index in [-0.39, 0.29) is 18.6 Å². The minimum atomic E-state index is -0.0617. The first kappa shape index (κ1) is 15.4. The van der Waals surface area contributed by atoms with E-state index in [1.165, 1.54) is 0 Å². The molecule has 110 valence electrons. The Morgan fingerprint density at radius 3 is 3.05 bits per heavy atom. The summed E-state index contributed by atoms with van der Waals surface area (Å²) in [5, 5.41) is 0.935. The highest BCUT2D eigenvalue weighted by Gasteiger charge is 2.20. The molecule has 0 spiro atoms. The van der Waals surface area contributed by atoms with E-state index in [2.05, 4.69) is 0 Å². The van der Waals surface area contributed by atoms with Gasteiger partial charge in [-0.25, -0.2) is 0 Å². The average molecular weight is 318 g/mol. The number of rotatable bonds is 3. The molecule has 1 heterocycles. The smallest absolute Gasteiger partial charge is 0.260 e. The number of halogens is 2. The number of carbonyl (C=O) groups excluding carboxylic acids is 1. The summed E-state index contributed by atoms with van der Waals surface area (Å²) in [5.74, 6) is 0.400. The molecule has 4 nitrogen and oxygen atoms in total. The molecule has 0 aromatic heterocycles. The molecule has 1 aromatic carbocycles. The van der Waals surface area contributed by atoms with Gasteiger partial charge in [0.05, 0.1) is 11.1 Å². The molecule has 1 atom stereocenters. The molecule has 6 heteroatoms. The van der Waals surface area contributed by atoms with Crippen LogP contribution in [-0.2, 0) is 9.53 Å². The lowest BCUT2D eigenvalue weighted by molar-refractivity contribution is -0.134. The topological polar surface area (TPSA) is 38.8 Å². The SMILES string of the molecule is C[C@@H]1CN(C(=O)COc2ccc(Cl)cc2Cl)CCCO1. The summed E-state index contributed by atoms with van der Waals surface area (Å²) in [6.07, 6.45) is 0.901. The van der Waals surface area contributed by atoms with Gasteiger partial charge in [-0.15, -0.1) is 0 Å². The lowest BCUT2D eigenvalue weighted by Crippen LogP contribution is -2.38. The van der Waals surface area contributed by atoms with Crippen molar-refractivity contribution in [2.24, 2.45) is 0 Å². The zero-order chi connectivity index (χ0) is 14.5. The summed E-state index contributed by atoms with van der Waals surface area (Å²) in [6, 6.07) is 4.92. The van der Waals surface area contributed by atoms with Crippen molar-refractivity contribution in [3.8, 4) is 5.75 Å². The third-order valence-corrected chi connectivity index (χ3v) is 3.58. The van der Waals surface area contributed by atoms with E-state index >= 15 is 0 Å². The van der Waals surface area contributed by atoms with E-state index in [1.807, 2.05) is 6.92 Å². The molecular weight excluding hydrogens is 301 g/mol. The van der Waals surface area contributed by atoms with Crippen LogP contribution in [0.25, 0.3) is 0 Å². The first-order chi connectivity index (χ1) is 9.56. The normalized spacial score (nSPS) is 19.6. The van der Waals surface area contributed by atoms with Gasteiger partial charge >= 0.3 is 0 Å². The van der Waals surface area contributed by atoms with Crippen molar-refractivity contribution in [1.82, 2.24) is 4.90 Å². The molecule has 1 amide bonds. The van der Waals surface area contributed by atoms with Crippen LogP contribution in [0.1, 0.15) is 13.3 Å².